The molecule has 7 heteroatoms. The largest absolute Gasteiger partial charge is 0.447 e. The molecule has 2 heterocycles. The van der Waals surface area contributed by atoms with Crippen molar-refractivity contribution in [1.82, 2.24) is 20.1 Å². The quantitative estimate of drug-likeness (QED) is 0.879. The molecule has 1 saturated heterocycles. The number of rotatable bonds is 6. The van der Waals surface area contributed by atoms with Gasteiger partial charge in [-0.2, -0.15) is 0 Å². The standard InChI is InChI=1S/C17H23N5O2/c1-4-15-19-20-16(21(15)3)11-18-12(2)13-6-5-7-14(10-13)22-8-9-24-17(22)23/h5-7,10,12,18H,4,8-9,11H2,1-3H3. The molecule has 0 saturated carbocycles. The Labute approximate surface area is 141 Å². The number of amides is 1. The van der Waals surface area contributed by atoms with Gasteiger partial charge in [0.1, 0.15) is 18.3 Å². The molecule has 1 aromatic heterocycles. The first kappa shape index (κ1) is 16.4. The lowest BCUT2D eigenvalue weighted by Gasteiger charge is -2.18. The summed E-state index contributed by atoms with van der Waals surface area (Å²) in [7, 11) is 1.99. The van der Waals surface area contributed by atoms with Crippen molar-refractivity contribution in [1.29, 1.82) is 0 Å². The Morgan fingerprint density at radius 3 is 2.79 bits per heavy atom. The first-order valence-electron chi connectivity index (χ1n) is 8.25. The van der Waals surface area contributed by atoms with Crippen LogP contribution in [0.5, 0.6) is 0 Å². The van der Waals surface area contributed by atoms with E-state index in [0.29, 0.717) is 19.7 Å². The molecule has 1 N–H and O–H groups in total. The van der Waals surface area contributed by atoms with Crippen molar-refractivity contribution in [2.24, 2.45) is 7.05 Å². The number of benzene rings is 1. The molecule has 2 aromatic rings. The van der Waals surface area contributed by atoms with E-state index in [1.54, 1.807) is 4.90 Å². The van der Waals surface area contributed by atoms with E-state index >= 15 is 0 Å². The Bertz CT molecular complexity index is 728. The molecule has 128 valence electrons. The SMILES string of the molecule is CCc1nnc(CNC(C)c2cccc(N3CCOC3=O)c2)n1C. The normalized spacial score (nSPS) is 15.6. The van der Waals surface area contributed by atoms with Crippen molar-refractivity contribution in [3.63, 3.8) is 0 Å². The summed E-state index contributed by atoms with van der Waals surface area (Å²) in [6, 6.07) is 8.10. The molecular formula is C17H23N5O2. The van der Waals surface area contributed by atoms with Crippen LogP contribution in [0.4, 0.5) is 10.5 Å². The zero-order valence-electron chi connectivity index (χ0n) is 14.3. The van der Waals surface area contributed by atoms with Crippen LogP contribution < -0.4 is 10.2 Å². The van der Waals surface area contributed by atoms with Crippen LogP contribution in [0, 0.1) is 0 Å². The van der Waals surface area contributed by atoms with Gasteiger partial charge in [0, 0.05) is 25.2 Å². The smallest absolute Gasteiger partial charge is 0.414 e. The summed E-state index contributed by atoms with van der Waals surface area (Å²) in [6.45, 7) is 5.85. The van der Waals surface area contributed by atoms with Gasteiger partial charge in [-0.15, -0.1) is 10.2 Å². The Kier molecular flexibility index (Phi) is 4.80. The van der Waals surface area contributed by atoms with E-state index in [1.165, 1.54) is 0 Å². The number of aryl methyl sites for hydroxylation is 1. The van der Waals surface area contributed by atoms with Gasteiger partial charge in [0.15, 0.2) is 0 Å². The molecule has 1 aromatic carbocycles. The molecule has 7 nitrogen and oxygen atoms in total. The highest BCUT2D eigenvalue weighted by Crippen LogP contribution is 2.23. The van der Waals surface area contributed by atoms with E-state index in [2.05, 4.69) is 35.4 Å². The van der Waals surface area contributed by atoms with Crippen molar-refractivity contribution in [2.45, 2.75) is 32.9 Å². The van der Waals surface area contributed by atoms with Crippen molar-refractivity contribution < 1.29 is 9.53 Å². The number of cyclic esters (lactones) is 1. The first-order chi connectivity index (χ1) is 11.6. The highest BCUT2D eigenvalue weighted by Gasteiger charge is 2.23. The Morgan fingerprint density at radius 2 is 2.12 bits per heavy atom. The molecule has 1 unspecified atom stereocenters. The average molecular weight is 329 g/mol. The third kappa shape index (κ3) is 3.26. The van der Waals surface area contributed by atoms with Gasteiger partial charge in [0.05, 0.1) is 13.1 Å². The van der Waals surface area contributed by atoms with Gasteiger partial charge in [0.25, 0.3) is 0 Å². The van der Waals surface area contributed by atoms with Crippen molar-refractivity contribution in [3.8, 4) is 0 Å². The molecule has 24 heavy (non-hydrogen) atoms. The number of hydrogen-bond donors (Lipinski definition) is 1. The van der Waals surface area contributed by atoms with Crippen LogP contribution in [0.15, 0.2) is 24.3 Å². The number of carbonyl (C=O) groups is 1. The monoisotopic (exact) mass is 329 g/mol. The van der Waals surface area contributed by atoms with E-state index in [4.69, 9.17) is 4.74 Å². The van der Waals surface area contributed by atoms with Crippen molar-refractivity contribution >= 4 is 11.8 Å². The van der Waals surface area contributed by atoms with Crippen LogP contribution in [0.2, 0.25) is 0 Å². The number of carbonyl (C=O) groups excluding carboxylic acids is 1. The van der Waals surface area contributed by atoms with Crippen LogP contribution in [-0.4, -0.2) is 34.0 Å². The Hall–Kier alpha value is -2.41. The molecule has 1 atom stereocenters. The number of anilines is 1. The van der Waals surface area contributed by atoms with Crippen LogP contribution in [0.1, 0.15) is 37.1 Å². The number of nitrogens with one attached hydrogen (secondary N) is 1. The summed E-state index contributed by atoms with van der Waals surface area (Å²) in [5.74, 6) is 1.90. The van der Waals surface area contributed by atoms with Crippen molar-refractivity contribution in [2.75, 3.05) is 18.1 Å². The maximum Gasteiger partial charge on any atom is 0.414 e. The minimum atomic E-state index is -0.279. The average Bonchev–Trinajstić information content (AvgIpc) is 3.18. The van der Waals surface area contributed by atoms with Gasteiger partial charge in [0.2, 0.25) is 0 Å². The van der Waals surface area contributed by atoms with Gasteiger partial charge >= 0.3 is 6.09 Å². The summed E-state index contributed by atoms with van der Waals surface area (Å²) in [5.41, 5.74) is 1.99. The van der Waals surface area contributed by atoms with E-state index in [-0.39, 0.29) is 12.1 Å². The fourth-order valence-electron chi connectivity index (χ4n) is 2.81. The lowest BCUT2D eigenvalue weighted by Crippen LogP contribution is -2.24. The van der Waals surface area contributed by atoms with Gasteiger partial charge in [-0.1, -0.05) is 19.1 Å². The lowest BCUT2D eigenvalue weighted by molar-refractivity contribution is 0.181. The van der Waals surface area contributed by atoms with Crippen molar-refractivity contribution in [3.05, 3.63) is 41.5 Å². The number of ether oxygens (including phenoxy) is 1. The summed E-state index contributed by atoms with van der Waals surface area (Å²) >= 11 is 0. The molecule has 0 spiro atoms. The van der Waals surface area contributed by atoms with E-state index in [0.717, 1.165) is 29.3 Å². The highest BCUT2D eigenvalue weighted by molar-refractivity contribution is 5.89. The Morgan fingerprint density at radius 1 is 1.33 bits per heavy atom. The van der Waals surface area contributed by atoms with Crippen LogP contribution in [0.25, 0.3) is 0 Å². The zero-order valence-corrected chi connectivity index (χ0v) is 14.3. The second-order valence-corrected chi connectivity index (χ2v) is 5.91. The van der Waals surface area contributed by atoms with Crippen LogP contribution >= 0.6 is 0 Å². The predicted molar refractivity (Wildman–Crippen MR) is 90.8 cm³/mol. The topological polar surface area (TPSA) is 72.3 Å². The molecule has 3 rings (SSSR count). The third-order valence-corrected chi connectivity index (χ3v) is 4.38. The molecular weight excluding hydrogens is 306 g/mol. The number of aromatic nitrogens is 3. The summed E-state index contributed by atoms with van der Waals surface area (Å²) in [5, 5.41) is 11.9. The molecule has 1 amide bonds. The first-order valence-corrected chi connectivity index (χ1v) is 8.25. The molecule has 0 aliphatic carbocycles. The Balaban J connectivity index is 1.67. The fourth-order valence-corrected chi connectivity index (χ4v) is 2.81. The molecule has 0 bridgehead atoms. The molecule has 0 radical (unpaired) electrons. The molecule has 1 aliphatic heterocycles. The van der Waals surface area contributed by atoms with E-state index in [1.807, 2.05) is 29.8 Å². The molecule has 1 fully saturated rings. The number of nitrogens with zero attached hydrogens (tertiary/aromatic N) is 4. The summed E-state index contributed by atoms with van der Waals surface area (Å²) in [4.78, 5) is 13.4. The van der Waals surface area contributed by atoms with E-state index < -0.39 is 0 Å². The second kappa shape index (κ2) is 7.00. The van der Waals surface area contributed by atoms with Gasteiger partial charge < -0.3 is 14.6 Å². The number of hydrogen-bond acceptors (Lipinski definition) is 5. The van der Waals surface area contributed by atoms with Crippen LogP contribution in [-0.2, 0) is 24.8 Å². The minimum absolute atomic E-state index is 0.130. The minimum Gasteiger partial charge on any atom is -0.447 e. The summed E-state index contributed by atoms with van der Waals surface area (Å²) < 4.78 is 7.03. The predicted octanol–water partition coefficient (Wildman–Crippen LogP) is 2.18. The van der Waals surface area contributed by atoms with Gasteiger partial charge in [-0.05, 0) is 24.6 Å². The lowest BCUT2D eigenvalue weighted by atomic mass is 10.1. The van der Waals surface area contributed by atoms with Gasteiger partial charge in [-0.3, -0.25) is 4.90 Å². The fraction of sp³-hybridized carbons (Fsp3) is 0.471. The maximum absolute atomic E-state index is 11.7. The van der Waals surface area contributed by atoms with Crippen LogP contribution in [0.3, 0.4) is 0 Å². The van der Waals surface area contributed by atoms with Gasteiger partial charge in [-0.25, -0.2) is 4.79 Å². The zero-order chi connectivity index (χ0) is 17.1. The third-order valence-electron chi connectivity index (χ3n) is 4.38. The highest BCUT2D eigenvalue weighted by atomic mass is 16.6. The maximum atomic E-state index is 11.7. The van der Waals surface area contributed by atoms with E-state index in [9.17, 15) is 4.79 Å². The second-order valence-electron chi connectivity index (χ2n) is 5.91. The molecule has 1 aliphatic rings. The summed E-state index contributed by atoms with van der Waals surface area (Å²) in [6.07, 6.45) is 0.589.